The predicted molar refractivity (Wildman–Crippen MR) is 93.2 cm³/mol. The lowest BCUT2D eigenvalue weighted by Crippen LogP contribution is -2.51. The number of nitro benzene ring substituents is 1. The fourth-order valence-electron chi connectivity index (χ4n) is 2.35. The van der Waals surface area contributed by atoms with Crippen LogP contribution < -0.4 is 5.32 Å². The minimum absolute atomic E-state index is 0.0414. The Hall–Kier alpha value is -3.23. The number of hydrogen-bond acceptors (Lipinski definition) is 5. The number of carboxylic acid groups (broad SMARTS) is 1. The van der Waals surface area contributed by atoms with Crippen LogP contribution in [0.1, 0.15) is 37.6 Å². The van der Waals surface area contributed by atoms with E-state index in [1.54, 1.807) is 6.92 Å². The highest BCUT2D eigenvalue weighted by Gasteiger charge is 2.33. The summed E-state index contributed by atoms with van der Waals surface area (Å²) in [5.74, 6) is -1.52. The monoisotopic (exact) mass is 360 g/mol. The number of carbonyl (C=O) groups is 2. The first-order valence-corrected chi connectivity index (χ1v) is 7.96. The van der Waals surface area contributed by atoms with Gasteiger partial charge in [-0.15, -0.1) is 0 Å². The molecule has 1 aromatic heterocycles. The van der Waals surface area contributed by atoms with Gasteiger partial charge in [0.1, 0.15) is 0 Å². The maximum Gasteiger partial charge on any atom is 0.305 e. The van der Waals surface area contributed by atoms with E-state index in [-0.39, 0.29) is 23.6 Å². The Morgan fingerprint density at radius 3 is 2.46 bits per heavy atom. The smallest absolute Gasteiger partial charge is 0.305 e. The van der Waals surface area contributed by atoms with Crippen molar-refractivity contribution in [2.24, 2.45) is 5.92 Å². The third kappa shape index (κ3) is 4.24. The number of carbonyl (C=O) groups excluding carboxylic acids is 1. The Morgan fingerprint density at radius 2 is 1.96 bits per heavy atom. The molecule has 0 aliphatic rings. The summed E-state index contributed by atoms with van der Waals surface area (Å²) < 4.78 is 1.42. The molecule has 0 saturated carbocycles. The first-order chi connectivity index (χ1) is 12.1. The van der Waals surface area contributed by atoms with Gasteiger partial charge in [-0.3, -0.25) is 19.7 Å². The Morgan fingerprint density at radius 1 is 1.35 bits per heavy atom. The molecular weight excluding hydrogens is 340 g/mol. The Labute approximate surface area is 149 Å². The number of benzene rings is 1. The van der Waals surface area contributed by atoms with Crippen LogP contribution in [-0.4, -0.2) is 37.2 Å². The molecule has 138 valence electrons. The van der Waals surface area contributed by atoms with Gasteiger partial charge in [-0.25, -0.2) is 4.68 Å². The van der Waals surface area contributed by atoms with Crippen LogP contribution in [0.15, 0.2) is 36.7 Å². The van der Waals surface area contributed by atoms with Crippen molar-refractivity contribution in [2.45, 2.75) is 32.7 Å². The molecule has 1 aromatic carbocycles. The summed E-state index contributed by atoms with van der Waals surface area (Å²) in [6.45, 7) is 5.36. The second-order valence-corrected chi connectivity index (χ2v) is 6.54. The van der Waals surface area contributed by atoms with Gasteiger partial charge < -0.3 is 10.4 Å². The number of nitrogens with one attached hydrogen (secondary N) is 1. The van der Waals surface area contributed by atoms with Gasteiger partial charge in [-0.05, 0) is 25.0 Å². The molecule has 9 nitrogen and oxygen atoms in total. The van der Waals surface area contributed by atoms with Crippen molar-refractivity contribution in [3.8, 4) is 5.69 Å². The van der Waals surface area contributed by atoms with Gasteiger partial charge in [0.25, 0.3) is 11.6 Å². The van der Waals surface area contributed by atoms with Gasteiger partial charge in [0.05, 0.1) is 34.3 Å². The van der Waals surface area contributed by atoms with Crippen molar-refractivity contribution in [1.29, 1.82) is 0 Å². The van der Waals surface area contributed by atoms with Crippen LogP contribution in [-0.2, 0) is 4.79 Å². The number of aliphatic carboxylic acids is 1. The fraction of sp³-hybridized carbons (Fsp3) is 0.353. The third-order valence-electron chi connectivity index (χ3n) is 4.36. The summed E-state index contributed by atoms with van der Waals surface area (Å²) >= 11 is 0. The quantitative estimate of drug-likeness (QED) is 0.576. The van der Waals surface area contributed by atoms with Crippen LogP contribution >= 0.6 is 0 Å². The molecule has 0 radical (unpaired) electrons. The third-order valence-corrected chi connectivity index (χ3v) is 4.36. The molecule has 0 aliphatic carbocycles. The number of amides is 1. The Bertz CT molecular complexity index is 828. The zero-order valence-corrected chi connectivity index (χ0v) is 14.7. The van der Waals surface area contributed by atoms with Crippen LogP contribution in [0.5, 0.6) is 0 Å². The Balaban J connectivity index is 2.19. The topological polar surface area (TPSA) is 127 Å². The van der Waals surface area contributed by atoms with Crippen LogP contribution in [0, 0.1) is 16.0 Å². The van der Waals surface area contributed by atoms with E-state index in [9.17, 15) is 19.7 Å². The summed E-state index contributed by atoms with van der Waals surface area (Å²) in [6, 6.07) is 5.74. The number of aromatic nitrogens is 2. The Kier molecular flexibility index (Phi) is 5.39. The molecule has 1 unspecified atom stereocenters. The largest absolute Gasteiger partial charge is 0.481 e. The molecule has 1 amide bonds. The molecule has 0 spiro atoms. The van der Waals surface area contributed by atoms with Crippen molar-refractivity contribution in [1.82, 2.24) is 15.1 Å². The van der Waals surface area contributed by atoms with Gasteiger partial charge in [0, 0.05) is 18.3 Å². The average Bonchev–Trinajstić information content (AvgIpc) is 3.04. The van der Waals surface area contributed by atoms with E-state index in [2.05, 4.69) is 10.4 Å². The second-order valence-electron chi connectivity index (χ2n) is 6.54. The molecular formula is C17H20N4O5. The van der Waals surface area contributed by atoms with Crippen LogP contribution in [0.3, 0.4) is 0 Å². The summed E-state index contributed by atoms with van der Waals surface area (Å²) in [7, 11) is 0. The SMILES string of the molecule is CC(C)C(C)(CC(=O)O)NC(=O)c1cnn(-c2ccc([N+](=O)[O-])cc2)c1. The molecule has 1 atom stereocenters. The normalized spacial score (nSPS) is 13.2. The number of nitrogens with zero attached hydrogens (tertiary/aromatic N) is 3. The van der Waals surface area contributed by atoms with Crippen molar-refractivity contribution in [2.75, 3.05) is 0 Å². The highest BCUT2D eigenvalue weighted by atomic mass is 16.6. The first kappa shape index (κ1) is 19.1. The first-order valence-electron chi connectivity index (χ1n) is 7.96. The molecule has 9 heteroatoms. The lowest BCUT2D eigenvalue weighted by atomic mass is 9.85. The van der Waals surface area contributed by atoms with Gasteiger partial charge in [-0.1, -0.05) is 13.8 Å². The van der Waals surface area contributed by atoms with Gasteiger partial charge in [-0.2, -0.15) is 5.10 Å². The zero-order valence-electron chi connectivity index (χ0n) is 14.7. The number of rotatable bonds is 7. The lowest BCUT2D eigenvalue weighted by Gasteiger charge is -2.33. The van der Waals surface area contributed by atoms with E-state index in [1.165, 1.54) is 41.3 Å². The predicted octanol–water partition coefficient (Wildman–Crippen LogP) is 2.40. The number of carboxylic acids is 1. The second kappa shape index (κ2) is 7.34. The fourth-order valence-corrected chi connectivity index (χ4v) is 2.35. The maximum atomic E-state index is 12.5. The molecule has 0 fully saturated rings. The zero-order chi connectivity index (χ0) is 19.5. The molecule has 1 heterocycles. The van der Waals surface area contributed by atoms with Crippen LogP contribution in [0.25, 0.3) is 5.69 Å². The maximum absolute atomic E-state index is 12.5. The molecule has 2 aromatic rings. The summed E-state index contributed by atoms with van der Waals surface area (Å²) in [5, 5.41) is 26.6. The van der Waals surface area contributed by atoms with E-state index in [4.69, 9.17) is 5.11 Å². The standard InChI is InChI=1S/C17H20N4O5/c1-11(2)17(3,8-15(22)23)19-16(24)12-9-18-20(10-12)13-4-6-14(7-5-13)21(25)26/h4-7,9-11H,8H2,1-3H3,(H,19,24)(H,22,23). The molecule has 26 heavy (non-hydrogen) atoms. The molecule has 0 bridgehead atoms. The van der Waals surface area contributed by atoms with Crippen molar-refractivity contribution in [3.63, 3.8) is 0 Å². The van der Waals surface area contributed by atoms with E-state index < -0.39 is 22.3 Å². The minimum atomic E-state index is -0.997. The van der Waals surface area contributed by atoms with Crippen molar-refractivity contribution < 1.29 is 19.6 Å². The molecule has 2 N–H and O–H groups in total. The minimum Gasteiger partial charge on any atom is -0.481 e. The van der Waals surface area contributed by atoms with Crippen molar-refractivity contribution in [3.05, 3.63) is 52.3 Å². The number of nitro groups is 1. The van der Waals surface area contributed by atoms with Crippen molar-refractivity contribution >= 4 is 17.6 Å². The van der Waals surface area contributed by atoms with E-state index in [0.29, 0.717) is 5.69 Å². The lowest BCUT2D eigenvalue weighted by molar-refractivity contribution is -0.384. The molecule has 0 aliphatic heterocycles. The summed E-state index contributed by atoms with van der Waals surface area (Å²) in [6.07, 6.45) is 2.64. The van der Waals surface area contributed by atoms with E-state index >= 15 is 0 Å². The average molecular weight is 360 g/mol. The summed E-state index contributed by atoms with van der Waals surface area (Å²) in [5.41, 5.74) is -0.120. The highest BCUT2D eigenvalue weighted by molar-refractivity contribution is 5.94. The molecule has 2 rings (SSSR count). The van der Waals surface area contributed by atoms with Crippen LogP contribution in [0.4, 0.5) is 5.69 Å². The summed E-state index contributed by atoms with van der Waals surface area (Å²) in [4.78, 5) is 33.8. The van der Waals surface area contributed by atoms with Crippen LogP contribution in [0.2, 0.25) is 0 Å². The molecule has 0 saturated heterocycles. The van der Waals surface area contributed by atoms with Gasteiger partial charge in [0.15, 0.2) is 0 Å². The van der Waals surface area contributed by atoms with Gasteiger partial charge in [0.2, 0.25) is 0 Å². The number of hydrogen-bond donors (Lipinski definition) is 2. The van der Waals surface area contributed by atoms with E-state index in [1.807, 2.05) is 13.8 Å². The number of non-ortho nitro benzene ring substituents is 1. The highest BCUT2D eigenvalue weighted by Crippen LogP contribution is 2.22. The van der Waals surface area contributed by atoms with E-state index in [0.717, 1.165) is 0 Å². The van der Waals surface area contributed by atoms with Gasteiger partial charge >= 0.3 is 5.97 Å².